The lowest BCUT2D eigenvalue weighted by atomic mass is 9.95. The van der Waals surface area contributed by atoms with Crippen molar-refractivity contribution in [3.8, 4) is 0 Å². The Kier molecular flexibility index (Phi) is 5.68. The number of Topliss-reactive ketones (excluding diaryl/α,β-unsaturated/α-hetero) is 1. The van der Waals surface area contributed by atoms with Crippen LogP contribution in [0, 0.1) is 5.92 Å². The Morgan fingerprint density at radius 3 is 2.67 bits per heavy atom. The van der Waals surface area contributed by atoms with E-state index in [1.54, 1.807) is 0 Å². The zero-order valence-electron chi connectivity index (χ0n) is 12.0. The van der Waals surface area contributed by atoms with Gasteiger partial charge in [-0.2, -0.15) is 0 Å². The number of likely N-dealkylation sites (tertiary alicyclic amines) is 1. The molecule has 0 radical (unpaired) electrons. The van der Waals surface area contributed by atoms with Crippen LogP contribution in [0.15, 0.2) is 0 Å². The molecule has 18 heavy (non-hydrogen) atoms. The van der Waals surface area contributed by atoms with E-state index >= 15 is 0 Å². The number of rotatable bonds is 7. The molecule has 1 heterocycles. The maximum absolute atomic E-state index is 11.9. The van der Waals surface area contributed by atoms with E-state index in [1.807, 2.05) is 0 Å². The van der Waals surface area contributed by atoms with Crippen molar-refractivity contribution >= 4 is 5.78 Å². The van der Waals surface area contributed by atoms with Gasteiger partial charge >= 0.3 is 0 Å². The fourth-order valence-electron chi connectivity index (χ4n) is 3.75. The van der Waals surface area contributed by atoms with Crippen molar-refractivity contribution in [1.29, 1.82) is 0 Å². The van der Waals surface area contributed by atoms with Gasteiger partial charge in [0.1, 0.15) is 5.78 Å². The second kappa shape index (κ2) is 7.28. The van der Waals surface area contributed by atoms with Gasteiger partial charge in [-0.25, -0.2) is 0 Å². The van der Waals surface area contributed by atoms with Crippen LogP contribution in [-0.2, 0) is 4.79 Å². The van der Waals surface area contributed by atoms with Crippen molar-refractivity contribution in [3.05, 3.63) is 0 Å². The minimum Gasteiger partial charge on any atom is -0.300 e. The van der Waals surface area contributed by atoms with Gasteiger partial charge in [0.2, 0.25) is 0 Å². The first kappa shape index (κ1) is 14.0. The summed E-state index contributed by atoms with van der Waals surface area (Å²) < 4.78 is 0. The number of hydrogen-bond acceptors (Lipinski definition) is 2. The van der Waals surface area contributed by atoms with Crippen LogP contribution in [0.5, 0.6) is 0 Å². The third kappa shape index (κ3) is 3.57. The molecule has 0 amide bonds. The van der Waals surface area contributed by atoms with Crippen LogP contribution in [-0.4, -0.2) is 29.8 Å². The number of hydrogen-bond donors (Lipinski definition) is 0. The summed E-state index contributed by atoms with van der Waals surface area (Å²) in [7, 11) is 0. The maximum atomic E-state index is 11.9. The molecule has 1 saturated carbocycles. The first-order valence-corrected chi connectivity index (χ1v) is 8.09. The summed E-state index contributed by atoms with van der Waals surface area (Å²) in [5.74, 6) is 0.945. The van der Waals surface area contributed by atoms with Crippen LogP contribution >= 0.6 is 0 Å². The average Bonchev–Trinajstić information content (AvgIpc) is 2.97. The van der Waals surface area contributed by atoms with Crippen molar-refractivity contribution in [3.63, 3.8) is 0 Å². The predicted octanol–water partition coefficient (Wildman–Crippen LogP) is 3.79. The molecule has 2 fully saturated rings. The van der Waals surface area contributed by atoms with Gasteiger partial charge in [-0.1, -0.05) is 32.6 Å². The zero-order chi connectivity index (χ0) is 12.8. The Morgan fingerprint density at radius 1 is 1.11 bits per heavy atom. The van der Waals surface area contributed by atoms with Gasteiger partial charge in [0.25, 0.3) is 0 Å². The third-order valence-electron chi connectivity index (χ3n) is 4.78. The largest absolute Gasteiger partial charge is 0.300 e. The first-order chi connectivity index (χ1) is 8.83. The summed E-state index contributed by atoms with van der Waals surface area (Å²) in [4.78, 5) is 14.5. The van der Waals surface area contributed by atoms with Crippen LogP contribution in [0.2, 0.25) is 0 Å². The summed E-state index contributed by atoms with van der Waals surface area (Å²) in [5, 5.41) is 0. The average molecular weight is 251 g/mol. The lowest BCUT2D eigenvalue weighted by Crippen LogP contribution is -2.38. The molecule has 0 bridgehead atoms. The number of carbonyl (C=O) groups excluding carboxylic acids is 1. The Hall–Kier alpha value is -0.370. The van der Waals surface area contributed by atoms with E-state index in [0.717, 1.165) is 19.3 Å². The van der Waals surface area contributed by atoms with E-state index in [9.17, 15) is 4.79 Å². The molecule has 0 aromatic rings. The second-order valence-corrected chi connectivity index (χ2v) is 6.12. The Balaban J connectivity index is 1.72. The van der Waals surface area contributed by atoms with Gasteiger partial charge in [0, 0.05) is 18.4 Å². The molecule has 2 unspecified atom stereocenters. The van der Waals surface area contributed by atoms with Crippen molar-refractivity contribution in [2.75, 3.05) is 13.1 Å². The van der Waals surface area contributed by atoms with Crippen molar-refractivity contribution in [1.82, 2.24) is 4.90 Å². The highest BCUT2D eigenvalue weighted by molar-refractivity contribution is 5.83. The Bertz CT molecular complexity index is 264. The van der Waals surface area contributed by atoms with E-state index in [2.05, 4.69) is 11.8 Å². The Labute approximate surface area is 112 Å². The summed E-state index contributed by atoms with van der Waals surface area (Å²) >= 11 is 0. The van der Waals surface area contributed by atoms with Crippen molar-refractivity contribution in [2.45, 2.75) is 77.2 Å². The summed E-state index contributed by atoms with van der Waals surface area (Å²) in [5.41, 5.74) is 0. The molecule has 2 heteroatoms. The predicted molar refractivity (Wildman–Crippen MR) is 75.7 cm³/mol. The van der Waals surface area contributed by atoms with E-state index in [1.165, 1.54) is 58.0 Å². The van der Waals surface area contributed by atoms with Gasteiger partial charge in [-0.3, -0.25) is 9.69 Å². The molecular weight excluding hydrogens is 222 g/mol. The molecule has 2 atom stereocenters. The summed E-state index contributed by atoms with van der Waals surface area (Å²) in [6.45, 7) is 4.74. The SMILES string of the molecule is CCCCCCCN1CCCC1C1CCCC1=O. The maximum Gasteiger partial charge on any atom is 0.137 e. The number of ketones is 1. The van der Waals surface area contributed by atoms with Crippen LogP contribution in [0.25, 0.3) is 0 Å². The zero-order valence-corrected chi connectivity index (χ0v) is 12.0. The highest BCUT2D eigenvalue weighted by Crippen LogP contribution is 2.33. The Morgan fingerprint density at radius 2 is 1.94 bits per heavy atom. The molecule has 1 aliphatic carbocycles. The molecule has 104 valence electrons. The fraction of sp³-hybridized carbons (Fsp3) is 0.938. The third-order valence-corrected chi connectivity index (χ3v) is 4.78. The van der Waals surface area contributed by atoms with Gasteiger partial charge < -0.3 is 0 Å². The molecule has 0 spiro atoms. The van der Waals surface area contributed by atoms with Crippen LogP contribution < -0.4 is 0 Å². The first-order valence-electron chi connectivity index (χ1n) is 8.09. The second-order valence-electron chi connectivity index (χ2n) is 6.12. The minimum atomic E-state index is 0.392. The molecule has 1 saturated heterocycles. The smallest absolute Gasteiger partial charge is 0.137 e. The van der Waals surface area contributed by atoms with Gasteiger partial charge in [-0.15, -0.1) is 0 Å². The monoisotopic (exact) mass is 251 g/mol. The van der Waals surface area contributed by atoms with E-state index in [0.29, 0.717) is 17.7 Å². The summed E-state index contributed by atoms with van der Waals surface area (Å²) in [6.07, 6.45) is 12.5. The van der Waals surface area contributed by atoms with Crippen molar-refractivity contribution in [2.24, 2.45) is 5.92 Å². The number of carbonyl (C=O) groups is 1. The molecule has 0 aromatic heterocycles. The molecule has 0 aromatic carbocycles. The molecule has 2 nitrogen and oxygen atoms in total. The molecular formula is C16H29NO. The standard InChI is InChI=1S/C16H29NO/c1-2-3-4-5-6-12-17-13-8-10-15(17)14-9-7-11-16(14)18/h14-15H,2-13H2,1H3. The van der Waals surface area contributed by atoms with Crippen molar-refractivity contribution < 1.29 is 4.79 Å². The van der Waals surface area contributed by atoms with Crippen LogP contribution in [0.4, 0.5) is 0 Å². The fourth-order valence-corrected chi connectivity index (χ4v) is 3.75. The van der Waals surface area contributed by atoms with E-state index < -0.39 is 0 Å². The molecule has 2 aliphatic rings. The molecule has 2 rings (SSSR count). The minimum absolute atomic E-state index is 0.392. The highest BCUT2D eigenvalue weighted by Gasteiger charge is 2.37. The summed E-state index contributed by atoms with van der Waals surface area (Å²) in [6, 6.07) is 0.603. The number of unbranched alkanes of at least 4 members (excludes halogenated alkanes) is 4. The molecule has 0 N–H and O–H groups in total. The van der Waals surface area contributed by atoms with E-state index in [-0.39, 0.29) is 0 Å². The van der Waals surface area contributed by atoms with Gasteiger partial charge in [0.15, 0.2) is 0 Å². The lowest BCUT2D eigenvalue weighted by molar-refractivity contribution is -0.122. The quantitative estimate of drug-likeness (QED) is 0.642. The van der Waals surface area contributed by atoms with Gasteiger partial charge in [-0.05, 0) is 45.2 Å². The van der Waals surface area contributed by atoms with Crippen LogP contribution in [0.3, 0.4) is 0 Å². The van der Waals surface area contributed by atoms with Crippen LogP contribution in [0.1, 0.15) is 71.1 Å². The topological polar surface area (TPSA) is 20.3 Å². The van der Waals surface area contributed by atoms with E-state index in [4.69, 9.17) is 0 Å². The number of nitrogens with zero attached hydrogens (tertiary/aromatic N) is 1. The normalized spacial score (nSPS) is 29.3. The van der Waals surface area contributed by atoms with Gasteiger partial charge in [0.05, 0.1) is 0 Å². The highest BCUT2D eigenvalue weighted by atomic mass is 16.1. The molecule has 1 aliphatic heterocycles. The lowest BCUT2D eigenvalue weighted by Gasteiger charge is -2.28.